The van der Waals surface area contributed by atoms with Gasteiger partial charge in [0, 0.05) is 0 Å². The number of carboxylic acid groups (broad SMARTS) is 1. The first-order valence-electron chi connectivity index (χ1n) is 3.99. The molecule has 0 saturated carbocycles. The van der Waals surface area contributed by atoms with E-state index in [1.54, 1.807) is 12.1 Å². The number of aromatic carboxylic acids is 1. The minimum absolute atomic E-state index is 0. The summed E-state index contributed by atoms with van der Waals surface area (Å²) in [6.45, 7) is 0. The first-order valence-corrected chi connectivity index (χ1v) is 3.99. The molecular weight excluding hydrogens is 301 g/mol. The van der Waals surface area contributed by atoms with Crippen LogP contribution < -0.4 is 0 Å². The Bertz CT molecular complexity index is 474. The monoisotopic (exact) mass is 312 g/mol. The fourth-order valence-corrected chi connectivity index (χ4v) is 1.32. The summed E-state index contributed by atoms with van der Waals surface area (Å²) in [5.74, 6) is -0.884. The van der Waals surface area contributed by atoms with Crippen molar-refractivity contribution in [3.05, 3.63) is 48.0 Å². The Morgan fingerprint density at radius 1 is 1.07 bits per heavy atom. The summed E-state index contributed by atoms with van der Waals surface area (Å²) in [4.78, 5) is 10.6. The Balaban J connectivity index is 0. The van der Waals surface area contributed by atoms with Gasteiger partial charge in [-0.25, -0.2) is 4.79 Å². The Morgan fingerprint density at radius 3 is 2.36 bits per heavy atom. The van der Waals surface area contributed by atoms with Crippen LogP contribution in [-0.2, 0) is 0 Å². The maximum absolute atomic E-state index is 10.6. The topological polar surface area (TPSA) is 37.3 Å². The van der Waals surface area contributed by atoms with Crippen LogP contribution in [-0.4, -0.2) is 60.0 Å². The number of hydrogen-bond donors (Lipinski definition) is 1. The molecule has 0 aliphatic heterocycles. The number of fused-ring (bicyclic) bond motifs is 1. The quantitative estimate of drug-likeness (QED) is 0.821. The summed E-state index contributed by atoms with van der Waals surface area (Å²) in [6.07, 6.45) is 0. The molecule has 0 atom stereocenters. The van der Waals surface area contributed by atoms with Gasteiger partial charge in [0.25, 0.3) is 0 Å². The molecule has 0 bridgehead atoms. The van der Waals surface area contributed by atoms with Crippen molar-refractivity contribution in [1.29, 1.82) is 0 Å². The molecule has 14 heavy (non-hydrogen) atoms. The molecule has 0 saturated heterocycles. The van der Waals surface area contributed by atoms with E-state index in [0.29, 0.717) is 5.56 Å². The standard InChI is InChI=1S/C11H8O2.Ba.2H/c12-11(13)10-6-5-8-3-1-2-4-9(8)7-10;;;/h1-7H,(H,12,13);;;/q;+2;2*-1. The van der Waals surface area contributed by atoms with Crippen LogP contribution in [0.2, 0.25) is 0 Å². The fraction of sp³-hybridized carbons (Fsp3) is 0. The van der Waals surface area contributed by atoms with E-state index in [9.17, 15) is 4.79 Å². The Morgan fingerprint density at radius 2 is 1.71 bits per heavy atom. The molecule has 0 aliphatic rings. The van der Waals surface area contributed by atoms with Crippen LogP contribution in [0.4, 0.5) is 0 Å². The van der Waals surface area contributed by atoms with Gasteiger partial charge in [0.15, 0.2) is 0 Å². The third-order valence-corrected chi connectivity index (χ3v) is 2.00. The summed E-state index contributed by atoms with van der Waals surface area (Å²) in [5, 5.41) is 10.8. The van der Waals surface area contributed by atoms with Crippen LogP contribution in [0.3, 0.4) is 0 Å². The summed E-state index contributed by atoms with van der Waals surface area (Å²) in [5.41, 5.74) is 0.332. The van der Waals surface area contributed by atoms with Crippen molar-refractivity contribution in [1.82, 2.24) is 0 Å². The van der Waals surface area contributed by atoms with Crippen LogP contribution in [0.5, 0.6) is 0 Å². The van der Waals surface area contributed by atoms with Crippen molar-refractivity contribution in [3.63, 3.8) is 0 Å². The van der Waals surface area contributed by atoms with E-state index in [1.807, 2.05) is 30.3 Å². The zero-order valence-electron chi connectivity index (χ0n) is 9.60. The Labute approximate surface area is 125 Å². The number of hydrogen-bond acceptors (Lipinski definition) is 1. The molecule has 0 spiro atoms. The van der Waals surface area contributed by atoms with Crippen molar-refractivity contribution in [2.24, 2.45) is 0 Å². The van der Waals surface area contributed by atoms with Gasteiger partial charge >= 0.3 is 54.9 Å². The second-order valence-electron chi connectivity index (χ2n) is 2.87. The van der Waals surface area contributed by atoms with Crippen molar-refractivity contribution >= 4 is 65.6 Å². The van der Waals surface area contributed by atoms with Gasteiger partial charge in [0.1, 0.15) is 0 Å². The zero-order valence-corrected chi connectivity index (χ0v) is 12.0. The molecule has 0 amide bonds. The molecule has 0 fully saturated rings. The van der Waals surface area contributed by atoms with E-state index >= 15 is 0 Å². The van der Waals surface area contributed by atoms with Gasteiger partial charge in [0.2, 0.25) is 0 Å². The Kier molecular flexibility index (Phi) is 4.22. The molecule has 2 aromatic carbocycles. The molecule has 0 heterocycles. The predicted octanol–water partition coefficient (Wildman–Crippen LogP) is 2.38. The van der Waals surface area contributed by atoms with Gasteiger partial charge in [-0.2, -0.15) is 0 Å². The van der Waals surface area contributed by atoms with Gasteiger partial charge in [0.05, 0.1) is 5.56 Å². The molecule has 1 N–H and O–H groups in total. The van der Waals surface area contributed by atoms with Crippen molar-refractivity contribution in [2.45, 2.75) is 0 Å². The van der Waals surface area contributed by atoms with Gasteiger partial charge in [-0.1, -0.05) is 30.3 Å². The normalized spacial score (nSPS) is 9.43. The molecule has 3 heteroatoms. The van der Waals surface area contributed by atoms with E-state index in [0.717, 1.165) is 10.8 Å². The molecule has 2 rings (SSSR count). The second kappa shape index (κ2) is 5.00. The molecular formula is C11H10BaO2. The number of benzene rings is 2. The van der Waals surface area contributed by atoms with E-state index in [2.05, 4.69) is 0 Å². The first-order chi connectivity index (χ1) is 6.27. The molecule has 0 aliphatic carbocycles. The molecule has 68 valence electrons. The smallest absolute Gasteiger partial charge is 1.00 e. The SMILES string of the molecule is O=C(O)c1ccc2ccccc2c1.[Ba+2].[H-].[H-]. The molecule has 2 aromatic rings. The van der Waals surface area contributed by atoms with Crippen LogP contribution >= 0.6 is 0 Å². The maximum Gasteiger partial charge on any atom is 2.00 e. The summed E-state index contributed by atoms with van der Waals surface area (Å²) >= 11 is 0. The molecule has 0 radical (unpaired) electrons. The summed E-state index contributed by atoms with van der Waals surface area (Å²) < 4.78 is 0. The summed E-state index contributed by atoms with van der Waals surface area (Å²) in [7, 11) is 0. The van der Waals surface area contributed by atoms with Crippen LogP contribution in [0, 0.1) is 0 Å². The third-order valence-electron chi connectivity index (χ3n) is 2.00. The predicted molar refractivity (Wildman–Crippen MR) is 58.9 cm³/mol. The minimum Gasteiger partial charge on any atom is -1.00 e. The number of carboxylic acids is 1. The van der Waals surface area contributed by atoms with Crippen molar-refractivity contribution < 1.29 is 12.8 Å². The average molecular weight is 312 g/mol. The van der Waals surface area contributed by atoms with E-state index in [4.69, 9.17) is 5.11 Å². The largest absolute Gasteiger partial charge is 2.00 e. The molecule has 0 unspecified atom stereocenters. The van der Waals surface area contributed by atoms with E-state index in [-0.39, 0.29) is 51.7 Å². The van der Waals surface area contributed by atoms with Crippen LogP contribution in [0.1, 0.15) is 13.2 Å². The van der Waals surface area contributed by atoms with Gasteiger partial charge < -0.3 is 7.96 Å². The molecule has 2 nitrogen and oxygen atoms in total. The number of rotatable bonds is 1. The third kappa shape index (κ3) is 2.40. The van der Waals surface area contributed by atoms with Crippen LogP contribution in [0.25, 0.3) is 10.8 Å². The average Bonchev–Trinajstić information content (AvgIpc) is 2.17. The zero-order chi connectivity index (χ0) is 9.26. The minimum atomic E-state index is -0.884. The van der Waals surface area contributed by atoms with Gasteiger partial charge in [-0.15, -0.1) is 0 Å². The first kappa shape index (κ1) is 11.8. The fourth-order valence-electron chi connectivity index (χ4n) is 1.32. The van der Waals surface area contributed by atoms with Crippen molar-refractivity contribution in [3.8, 4) is 0 Å². The summed E-state index contributed by atoms with van der Waals surface area (Å²) in [6, 6.07) is 12.8. The number of carbonyl (C=O) groups is 1. The van der Waals surface area contributed by atoms with Crippen LogP contribution in [0.15, 0.2) is 42.5 Å². The maximum atomic E-state index is 10.6. The van der Waals surface area contributed by atoms with E-state index < -0.39 is 5.97 Å². The second-order valence-corrected chi connectivity index (χ2v) is 2.87. The molecule has 0 aromatic heterocycles. The van der Waals surface area contributed by atoms with Gasteiger partial charge in [-0.05, 0) is 22.9 Å². The Hall–Kier alpha value is -0.259. The van der Waals surface area contributed by atoms with E-state index in [1.165, 1.54) is 0 Å². The van der Waals surface area contributed by atoms with Crippen molar-refractivity contribution in [2.75, 3.05) is 0 Å². The van der Waals surface area contributed by atoms with Gasteiger partial charge in [-0.3, -0.25) is 0 Å².